The van der Waals surface area contributed by atoms with Gasteiger partial charge in [-0.25, -0.2) is 8.42 Å². The van der Waals surface area contributed by atoms with Crippen molar-refractivity contribution in [3.05, 3.63) is 51.5 Å². The number of ether oxygens (including phenoxy) is 1. The van der Waals surface area contributed by atoms with Crippen LogP contribution in [0.2, 0.25) is 0 Å². The van der Waals surface area contributed by atoms with Gasteiger partial charge in [0, 0.05) is 36.3 Å². The normalized spacial score (nSPS) is 15.8. The Morgan fingerprint density at radius 2 is 1.56 bits per heavy atom. The van der Waals surface area contributed by atoms with E-state index >= 15 is 0 Å². The lowest BCUT2D eigenvalue weighted by Crippen LogP contribution is -2.49. The van der Waals surface area contributed by atoms with Crippen LogP contribution >= 0.6 is 15.9 Å². The van der Waals surface area contributed by atoms with Gasteiger partial charge in [0.25, 0.3) is 0 Å². The van der Waals surface area contributed by atoms with Crippen LogP contribution in [0.1, 0.15) is 16.7 Å². The van der Waals surface area contributed by atoms with Crippen LogP contribution in [0, 0.1) is 20.8 Å². The number of hydrogen-bond donors (Lipinski definition) is 0. The van der Waals surface area contributed by atoms with E-state index in [0.717, 1.165) is 32.6 Å². The molecule has 2 aromatic carbocycles. The van der Waals surface area contributed by atoms with Crippen molar-refractivity contribution in [3.8, 4) is 5.75 Å². The van der Waals surface area contributed by atoms with E-state index in [1.54, 1.807) is 11.4 Å². The summed E-state index contributed by atoms with van der Waals surface area (Å²) in [5.41, 5.74) is 3.66. The molecule has 1 saturated heterocycles. The molecule has 0 N–H and O–H groups in total. The van der Waals surface area contributed by atoms with Crippen molar-refractivity contribution in [1.29, 1.82) is 0 Å². The van der Waals surface area contributed by atoms with Gasteiger partial charge in [0.2, 0.25) is 10.0 Å². The maximum absolute atomic E-state index is 13.3. The quantitative estimate of drug-likeness (QED) is 0.705. The van der Waals surface area contributed by atoms with Gasteiger partial charge in [0.1, 0.15) is 5.75 Å². The second kappa shape index (κ2) is 7.81. The molecule has 0 spiro atoms. The van der Waals surface area contributed by atoms with Gasteiger partial charge in [-0.15, -0.1) is 0 Å². The zero-order valence-corrected chi connectivity index (χ0v) is 18.5. The maximum atomic E-state index is 13.3. The molecule has 0 amide bonds. The average Bonchev–Trinajstić information content (AvgIpc) is 2.66. The van der Waals surface area contributed by atoms with Gasteiger partial charge in [0.15, 0.2) is 0 Å². The molecule has 1 aliphatic rings. The molecule has 0 aliphatic carbocycles. The second-order valence-electron chi connectivity index (χ2n) is 6.84. The molecule has 146 valence electrons. The first-order chi connectivity index (χ1) is 12.8. The lowest BCUT2D eigenvalue weighted by molar-refractivity contribution is 0.384. The molecule has 1 heterocycles. The molecule has 1 fully saturated rings. The van der Waals surface area contributed by atoms with Crippen molar-refractivity contribution < 1.29 is 13.2 Å². The van der Waals surface area contributed by atoms with Crippen LogP contribution in [0.5, 0.6) is 5.75 Å². The Morgan fingerprint density at radius 3 is 2.11 bits per heavy atom. The van der Waals surface area contributed by atoms with Gasteiger partial charge in [-0.05, 0) is 67.8 Å². The number of sulfonamides is 1. The predicted octanol–water partition coefficient (Wildman–Crippen LogP) is 3.89. The highest BCUT2D eigenvalue weighted by molar-refractivity contribution is 9.10. The third kappa shape index (κ3) is 3.86. The second-order valence-corrected chi connectivity index (χ2v) is 9.57. The van der Waals surface area contributed by atoms with Gasteiger partial charge in [0.05, 0.1) is 12.0 Å². The van der Waals surface area contributed by atoms with Gasteiger partial charge in [-0.1, -0.05) is 15.9 Å². The monoisotopic (exact) mass is 452 g/mol. The summed E-state index contributed by atoms with van der Waals surface area (Å²) in [6.45, 7) is 7.96. The minimum atomic E-state index is -3.53. The SMILES string of the molecule is COc1ccc(N2CCN(S(=O)(=O)c3c(C)c(C)cc(Br)c3C)CC2)cc1. The molecule has 0 saturated carbocycles. The molecule has 27 heavy (non-hydrogen) atoms. The Morgan fingerprint density at radius 1 is 0.963 bits per heavy atom. The molecule has 0 radical (unpaired) electrons. The summed E-state index contributed by atoms with van der Waals surface area (Å²) in [6, 6.07) is 9.85. The third-order valence-electron chi connectivity index (χ3n) is 5.25. The van der Waals surface area contributed by atoms with Gasteiger partial charge < -0.3 is 9.64 Å². The highest BCUT2D eigenvalue weighted by Gasteiger charge is 2.32. The summed E-state index contributed by atoms with van der Waals surface area (Å²) in [6.07, 6.45) is 0. The van der Waals surface area contributed by atoms with Gasteiger partial charge in [-0.3, -0.25) is 0 Å². The zero-order chi connectivity index (χ0) is 19.8. The van der Waals surface area contributed by atoms with E-state index < -0.39 is 10.0 Å². The first-order valence-electron chi connectivity index (χ1n) is 8.91. The standard InChI is InChI=1S/C20H25BrN2O3S/c1-14-13-19(21)16(3)20(15(14)2)27(24,25)23-11-9-22(10-12-23)17-5-7-18(26-4)8-6-17/h5-8,13H,9-12H2,1-4H3. The molecule has 2 aromatic rings. The van der Waals surface area contributed by atoms with Crippen molar-refractivity contribution in [3.63, 3.8) is 0 Å². The summed E-state index contributed by atoms with van der Waals surface area (Å²) in [4.78, 5) is 2.64. The van der Waals surface area contributed by atoms with Crippen LogP contribution in [-0.4, -0.2) is 46.0 Å². The van der Waals surface area contributed by atoms with E-state index in [1.807, 2.05) is 51.1 Å². The number of piperazine rings is 1. The Bertz CT molecular complexity index is 908. The van der Waals surface area contributed by atoms with E-state index in [2.05, 4.69) is 20.8 Å². The maximum Gasteiger partial charge on any atom is 0.243 e. The van der Waals surface area contributed by atoms with E-state index in [9.17, 15) is 8.42 Å². The fourth-order valence-corrected chi connectivity index (χ4v) is 6.09. The van der Waals surface area contributed by atoms with Crippen LogP contribution in [0.3, 0.4) is 0 Å². The van der Waals surface area contributed by atoms with E-state index in [1.165, 1.54) is 0 Å². The molecule has 5 nitrogen and oxygen atoms in total. The van der Waals surface area contributed by atoms with Gasteiger partial charge >= 0.3 is 0 Å². The van der Waals surface area contributed by atoms with Crippen molar-refractivity contribution >= 4 is 31.6 Å². The molecule has 3 rings (SSSR count). The number of halogens is 1. The van der Waals surface area contributed by atoms with E-state index in [0.29, 0.717) is 31.1 Å². The van der Waals surface area contributed by atoms with Crippen molar-refractivity contribution in [1.82, 2.24) is 4.31 Å². The Balaban J connectivity index is 1.81. The minimum Gasteiger partial charge on any atom is -0.497 e. The fraction of sp³-hybridized carbons (Fsp3) is 0.400. The van der Waals surface area contributed by atoms with Crippen LogP contribution in [0.15, 0.2) is 39.7 Å². The summed E-state index contributed by atoms with van der Waals surface area (Å²) in [5, 5.41) is 0. The van der Waals surface area contributed by atoms with Crippen molar-refractivity contribution in [2.45, 2.75) is 25.7 Å². The van der Waals surface area contributed by atoms with Crippen LogP contribution in [0.4, 0.5) is 5.69 Å². The topological polar surface area (TPSA) is 49.9 Å². The van der Waals surface area contributed by atoms with E-state index in [-0.39, 0.29) is 0 Å². The van der Waals surface area contributed by atoms with Crippen LogP contribution in [-0.2, 0) is 10.0 Å². The lowest BCUT2D eigenvalue weighted by Gasteiger charge is -2.36. The lowest BCUT2D eigenvalue weighted by atomic mass is 10.1. The number of benzene rings is 2. The van der Waals surface area contributed by atoms with Crippen LogP contribution in [0.25, 0.3) is 0 Å². The summed E-state index contributed by atoms with van der Waals surface area (Å²) < 4.78 is 34.3. The average molecular weight is 453 g/mol. The highest BCUT2D eigenvalue weighted by atomic mass is 79.9. The minimum absolute atomic E-state index is 0.437. The summed E-state index contributed by atoms with van der Waals surface area (Å²) in [5.74, 6) is 0.816. The number of hydrogen-bond acceptors (Lipinski definition) is 4. The first kappa shape index (κ1) is 20.2. The molecular formula is C20H25BrN2O3S. The third-order valence-corrected chi connectivity index (χ3v) is 8.25. The number of aryl methyl sites for hydroxylation is 1. The smallest absolute Gasteiger partial charge is 0.243 e. The number of nitrogens with zero attached hydrogens (tertiary/aromatic N) is 2. The van der Waals surface area contributed by atoms with Crippen molar-refractivity contribution in [2.24, 2.45) is 0 Å². The highest BCUT2D eigenvalue weighted by Crippen LogP contribution is 2.32. The fourth-order valence-electron chi connectivity index (χ4n) is 3.47. The zero-order valence-electron chi connectivity index (χ0n) is 16.1. The van der Waals surface area contributed by atoms with Crippen molar-refractivity contribution in [2.75, 3.05) is 38.2 Å². The molecule has 0 bridgehead atoms. The first-order valence-corrected chi connectivity index (χ1v) is 11.1. The van der Waals surface area contributed by atoms with E-state index in [4.69, 9.17) is 4.74 Å². The number of methoxy groups -OCH3 is 1. The number of anilines is 1. The number of rotatable bonds is 4. The molecule has 1 aliphatic heterocycles. The Labute approximate surface area is 170 Å². The predicted molar refractivity (Wildman–Crippen MR) is 112 cm³/mol. The summed E-state index contributed by atoms with van der Waals surface area (Å²) >= 11 is 3.50. The van der Waals surface area contributed by atoms with Crippen LogP contribution < -0.4 is 9.64 Å². The molecule has 0 unspecified atom stereocenters. The molecule has 0 atom stereocenters. The molecule has 7 heteroatoms. The molecular weight excluding hydrogens is 428 g/mol. The Hall–Kier alpha value is -1.57. The van der Waals surface area contributed by atoms with Gasteiger partial charge in [-0.2, -0.15) is 4.31 Å². The largest absolute Gasteiger partial charge is 0.497 e. The summed E-state index contributed by atoms with van der Waals surface area (Å²) in [7, 11) is -1.88. The molecule has 0 aromatic heterocycles. The Kier molecular flexibility index (Phi) is 5.84.